The predicted octanol–water partition coefficient (Wildman–Crippen LogP) is 4.51. The van der Waals surface area contributed by atoms with E-state index in [2.05, 4.69) is 0 Å². The van der Waals surface area contributed by atoms with Crippen molar-refractivity contribution in [2.24, 2.45) is 0 Å². The lowest BCUT2D eigenvalue weighted by molar-refractivity contribution is -0.163. The van der Waals surface area contributed by atoms with Crippen molar-refractivity contribution < 1.29 is 33.6 Å². The maximum atomic E-state index is 13.5. The van der Waals surface area contributed by atoms with E-state index in [1.807, 2.05) is 24.3 Å². The van der Waals surface area contributed by atoms with Crippen LogP contribution in [-0.2, 0) is 22.4 Å². The fourth-order valence-corrected chi connectivity index (χ4v) is 5.04. The smallest absolute Gasteiger partial charge is 0.329 e. The Bertz CT molecular complexity index is 1010. The van der Waals surface area contributed by atoms with E-state index in [-0.39, 0.29) is 12.3 Å². The Labute approximate surface area is 213 Å². The Kier molecular flexibility index (Phi) is 9.44. The number of methoxy groups -OCH3 is 4. The molecule has 1 saturated heterocycles. The lowest BCUT2D eigenvalue weighted by Gasteiger charge is -2.44. The Morgan fingerprint density at radius 3 is 2.11 bits per heavy atom. The zero-order valence-electron chi connectivity index (χ0n) is 21.7. The van der Waals surface area contributed by atoms with Crippen LogP contribution in [0.4, 0.5) is 0 Å². The second kappa shape index (κ2) is 12.5. The van der Waals surface area contributed by atoms with Crippen LogP contribution < -0.4 is 18.9 Å². The summed E-state index contributed by atoms with van der Waals surface area (Å²) < 4.78 is 21.4. The number of aryl methyl sites for hydroxylation is 1. The van der Waals surface area contributed by atoms with Crippen molar-refractivity contribution in [1.82, 2.24) is 4.90 Å². The molecule has 196 valence electrons. The number of likely N-dealkylation sites (tertiary alicyclic amines) is 1. The molecule has 8 heteroatoms. The molecule has 36 heavy (non-hydrogen) atoms. The van der Waals surface area contributed by atoms with Gasteiger partial charge >= 0.3 is 5.97 Å². The number of aliphatic carboxylic acids is 1. The monoisotopic (exact) mass is 499 g/mol. The third-order valence-corrected chi connectivity index (χ3v) is 6.98. The fourth-order valence-electron chi connectivity index (χ4n) is 5.04. The van der Waals surface area contributed by atoms with Gasteiger partial charge in [-0.2, -0.15) is 0 Å². The lowest BCUT2D eigenvalue weighted by Crippen LogP contribution is -2.59. The van der Waals surface area contributed by atoms with Gasteiger partial charge in [-0.3, -0.25) is 4.79 Å². The quantitative estimate of drug-likeness (QED) is 0.429. The molecule has 1 N–H and O–H groups in total. The molecule has 0 radical (unpaired) electrons. The molecular weight excluding hydrogens is 462 g/mol. The van der Waals surface area contributed by atoms with Crippen LogP contribution in [0.3, 0.4) is 0 Å². The summed E-state index contributed by atoms with van der Waals surface area (Å²) in [6, 6.07) is 11.4. The minimum Gasteiger partial charge on any atom is -0.497 e. The SMILES string of the molecule is COc1ccc(CCCC[C@@]2(C(=O)O)CCCCN2C(=O)Cc2cc(OC)c(OC)c(OC)c2)cc1. The molecule has 0 saturated carbocycles. The van der Waals surface area contributed by atoms with Gasteiger partial charge in [0.25, 0.3) is 0 Å². The summed E-state index contributed by atoms with van der Waals surface area (Å²) in [4.78, 5) is 27.7. The van der Waals surface area contributed by atoms with Gasteiger partial charge in [0.05, 0.1) is 34.9 Å². The number of amides is 1. The second-order valence-electron chi connectivity index (χ2n) is 9.10. The van der Waals surface area contributed by atoms with Crippen molar-refractivity contribution in [2.75, 3.05) is 35.0 Å². The van der Waals surface area contributed by atoms with Crippen molar-refractivity contribution in [3.8, 4) is 23.0 Å². The normalized spacial score (nSPS) is 17.4. The highest BCUT2D eigenvalue weighted by molar-refractivity contribution is 5.88. The van der Waals surface area contributed by atoms with E-state index in [0.717, 1.165) is 31.4 Å². The maximum absolute atomic E-state index is 13.5. The van der Waals surface area contributed by atoms with E-state index >= 15 is 0 Å². The molecule has 2 aromatic rings. The van der Waals surface area contributed by atoms with E-state index in [1.165, 1.54) is 26.9 Å². The topological polar surface area (TPSA) is 94.5 Å². The molecule has 1 aliphatic heterocycles. The standard InChI is InChI=1S/C28H37NO7/c1-33-22-12-10-20(11-13-22)9-5-6-14-28(27(31)32)15-7-8-16-29(28)25(30)19-21-17-23(34-2)26(36-4)24(18-21)35-3/h10-13,17-18H,5-9,14-16,19H2,1-4H3,(H,31,32)/t28-/m0/s1. The highest BCUT2D eigenvalue weighted by atomic mass is 16.5. The third kappa shape index (κ3) is 6.04. The molecule has 3 rings (SSSR count). The van der Waals surface area contributed by atoms with E-state index < -0.39 is 11.5 Å². The van der Waals surface area contributed by atoms with Gasteiger partial charge < -0.3 is 29.0 Å². The molecular formula is C28H37NO7. The first kappa shape index (κ1) is 27.2. The summed E-state index contributed by atoms with van der Waals surface area (Å²) in [5, 5.41) is 10.3. The number of carboxylic acid groups (broad SMARTS) is 1. The molecule has 1 aliphatic rings. The number of carboxylic acids is 1. The molecule has 1 amide bonds. The Balaban J connectivity index is 1.73. The van der Waals surface area contributed by atoms with Crippen molar-refractivity contribution in [1.29, 1.82) is 0 Å². The molecule has 1 heterocycles. The van der Waals surface area contributed by atoms with E-state index in [4.69, 9.17) is 18.9 Å². The summed E-state index contributed by atoms with van der Waals surface area (Å²) in [5.74, 6) is 1.05. The van der Waals surface area contributed by atoms with Crippen molar-refractivity contribution in [2.45, 2.75) is 56.9 Å². The van der Waals surface area contributed by atoms with E-state index in [1.54, 1.807) is 24.1 Å². The number of unbranched alkanes of at least 4 members (excludes halogenated alkanes) is 1. The highest BCUT2D eigenvalue weighted by Crippen LogP contribution is 2.39. The average molecular weight is 500 g/mol. The van der Waals surface area contributed by atoms with E-state index in [9.17, 15) is 14.7 Å². The predicted molar refractivity (Wildman–Crippen MR) is 136 cm³/mol. The van der Waals surface area contributed by atoms with Gasteiger partial charge in [-0.1, -0.05) is 18.6 Å². The number of carbonyl (C=O) groups is 2. The minimum absolute atomic E-state index is 0.0532. The van der Waals surface area contributed by atoms with Gasteiger partial charge in [0.2, 0.25) is 11.7 Å². The first-order valence-electron chi connectivity index (χ1n) is 12.3. The number of hydrogen-bond donors (Lipinski definition) is 1. The van der Waals surface area contributed by atoms with Gasteiger partial charge in [-0.05, 0) is 73.9 Å². The number of nitrogens with zero attached hydrogens (tertiary/aromatic N) is 1. The van der Waals surface area contributed by atoms with Crippen molar-refractivity contribution in [3.63, 3.8) is 0 Å². The molecule has 1 atom stereocenters. The van der Waals surface area contributed by atoms with Crippen molar-refractivity contribution >= 4 is 11.9 Å². The summed E-state index contributed by atoms with van der Waals surface area (Å²) in [6.07, 6.45) is 4.94. The molecule has 2 aromatic carbocycles. The van der Waals surface area contributed by atoms with Crippen LogP contribution in [-0.4, -0.2) is 62.4 Å². The largest absolute Gasteiger partial charge is 0.497 e. The van der Waals surface area contributed by atoms with Gasteiger partial charge in [0, 0.05) is 6.54 Å². The van der Waals surface area contributed by atoms with Crippen LogP contribution in [0.2, 0.25) is 0 Å². The van der Waals surface area contributed by atoms with Gasteiger partial charge in [0.1, 0.15) is 11.3 Å². The van der Waals surface area contributed by atoms with Crippen molar-refractivity contribution in [3.05, 3.63) is 47.5 Å². The molecule has 8 nitrogen and oxygen atoms in total. The molecule has 1 fully saturated rings. The molecule has 0 unspecified atom stereocenters. The molecule has 0 aliphatic carbocycles. The van der Waals surface area contributed by atoms with E-state index in [0.29, 0.717) is 48.6 Å². The third-order valence-electron chi connectivity index (χ3n) is 6.98. The Morgan fingerprint density at radius 1 is 0.889 bits per heavy atom. The Morgan fingerprint density at radius 2 is 1.56 bits per heavy atom. The van der Waals surface area contributed by atoms with Crippen LogP contribution in [0.15, 0.2) is 36.4 Å². The summed E-state index contributed by atoms with van der Waals surface area (Å²) in [6.45, 7) is 0.439. The molecule has 0 aromatic heterocycles. The van der Waals surface area contributed by atoms with Gasteiger partial charge in [-0.25, -0.2) is 4.79 Å². The number of rotatable bonds is 12. The summed E-state index contributed by atoms with van der Waals surface area (Å²) >= 11 is 0. The van der Waals surface area contributed by atoms with Crippen LogP contribution in [0.25, 0.3) is 0 Å². The highest BCUT2D eigenvalue weighted by Gasteiger charge is 2.47. The number of benzene rings is 2. The zero-order chi connectivity index (χ0) is 26.1. The van der Waals surface area contributed by atoms with Gasteiger partial charge in [-0.15, -0.1) is 0 Å². The maximum Gasteiger partial charge on any atom is 0.329 e. The molecule has 0 spiro atoms. The number of piperidine rings is 1. The number of ether oxygens (including phenoxy) is 4. The fraction of sp³-hybridized carbons (Fsp3) is 0.500. The van der Waals surface area contributed by atoms with Gasteiger partial charge in [0.15, 0.2) is 11.5 Å². The summed E-state index contributed by atoms with van der Waals surface area (Å²) in [7, 11) is 6.21. The van der Waals surface area contributed by atoms with Crippen LogP contribution in [0.1, 0.15) is 49.7 Å². The number of carbonyl (C=O) groups excluding carboxylic acids is 1. The van der Waals surface area contributed by atoms with Crippen LogP contribution in [0, 0.1) is 0 Å². The average Bonchev–Trinajstić information content (AvgIpc) is 2.90. The lowest BCUT2D eigenvalue weighted by atomic mass is 9.81. The first-order valence-corrected chi connectivity index (χ1v) is 12.3. The Hall–Kier alpha value is -3.42. The minimum atomic E-state index is -1.18. The first-order chi connectivity index (χ1) is 17.4. The molecule has 0 bridgehead atoms. The van der Waals surface area contributed by atoms with Crippen LogP contribution >= 0.6 is 0 Å². The summed E-state index contributed by atoms with van der Waals surface area (Å²) in [5.41, 5.74) is 0.675. The second-order valence-corrected chi connectivity index (χ2v) is 9.10. The zero-order valence-corrected chi connectivity index (χ0v) is 21.7. The number of hydrogen-bond acceptors (Lipinski definition) is 6. The van der Waals surface area contributed by atoms with Crippen LogP contribution in [0.5, 0.6) is 23.0 Å².